The van der Waals surface area contributed by atoms with Crippen LogP contribution in [-0.2, 0) is 9.53 Å². The summed E-state index contributed by atoms with van der Waals surface area (Å²) in [4.78, 5) is 11.6. The molecular formula is C15H11F11O2. The fraction of sp³-hybridized carbons (Fsp3) is 0.800. The SMILES string of the molecule is C=C(C(=O)OC1(C)CC2CC1C1(F)C(F)(F)C(F)(F)C(F)(F)C21F)C(F)(F)F. The Labute approximate surface area is 149 Å². The Hall–Kier alpha value is -1.56. The van der Waals surface area contributed by atoms with E-state index in [9.17, 15) is 48.7 Å². The first-order valence-corrected chi connectivity index (χ1v) is 7.74. The molecule has 3 aliphatic carbocycles. The predicted molar refractivity (Wildman–Crippen MR) is 68.4 cm³/mol. The molecule has 0 saturated heterocycles. The van der Waals surface area contributed by atoms with Crippen LogP contribution < -0.4 is 0 Å². The van der Waals surface area contributed by atoms with Gasteiger partial charge in [-0.05, 0) is 19.8 Å². The quantitative estimate of drug-likeness (QED) is 0.357. The smallest absolute Gasteiger partial charge is 0.422 e. The molecule has 5 unspecified atom stereocenters. The van der Waals surface area contributed by atoms with Crippen molar-refractivity contribution in [3.05, 3.63) is 12.2 Å². The number of hydrogen-bond donors (Lipinski definition) is 0. The molecule has 5 atom stereocenters. The summed E-state index contributed by atoms with van der Waals surface area (Å²) in [6.45, 7) is 2.98. The first-order valence-electron chi connectivity index (χ1n) is 7.74. The molecule has 0 aromatic carbocycles. The van der Waals surface area contributed by atoms with Crippen molar-refractivity contribution in [3.63, 3.8) is 0 Å². The van der Waals surface area contributed by atoms with Gasteiger partial charge in [-0.1, -0.05) is 6.58 Å². The van der Waals surface area contributed by atoms with Crippen molar-refractivity contribution in [1.29, 1.82) is 0 Å². The zero-order valence-electron chi connectivity index (χ0n) is 13.8. The molecule has 0 aromatic heterocycles. The van der Waals surface area contributed by atoms with Crippen LogP contribution in [0.15, 0.2) is 12.2 Å². The summed E-state index contributed by atoms with van der Waals surface area (Å²) in [5.74, 6) is -26.2. The predicted octanol–water partition coefficient (Wildman–Crippen LogP) is 4.78. The van der Waals surface area contributed by atoms with E-state index in [1.165, 1.54) is 0 Å². The van der Waals surface area contributed by atoms with Crippen LogP contribution >= 0.6 is 0 Å². The number of esters is 1. The van der Waals surface area contributed by atoms with Crippen LogP contribution in [0.4, 0.5) is 48.3 Å². The Morgan fingerprint density at radius 1 is 0.929 bits per heavy atom. The van der Waals surface area contributed by atoms with Gasteiger partial charge in [0, 0.05) is 11.8 Å². The summed E-state index contributed by atoms with van der Waals surface area (Å²) in [6, 6.07) is 0. The average Bonchev–Trinajstić information content (AvgIpc) is 3.00. The first kappa shape index (κ1) is 21.2. The number of hydrogen-bond acceptors (Lipinski definition) is 2. The number of carbonyl (C=O) groups is 1. The molecule has 0 aliphatic heterocycles. The number of halogens is 11. The van der Waals surface area contributed by atoms with Crippen LogP contribution in [0.5, 0.6) is 0 Å². The van der Waals surface area contributed by atoms with Crippen molar-refractivity contribution < 1.29 is 57.8 Å². The Balaban J connectivity index is 2.06. The van der Waals surface area contributed by atoms with Crippen molar-refractivity contribution in [2.45, 2.75) is 60.6 Å². The van der Waals surface area contributed by atoms with Gasteiger partial charge in [-0.2, -0.15) is 39.5 Å². The van der Waals surface area contributed by atoms with E-state index in [1.54, 1.807) is 0 Å². The molecule has 3 saturated carbocycles. The van der Waals surface area contributed by atoms with E-state index in [4.69, 9.17) is 0 Å². The Bertz CT molecular complexity index is 760. The normalized spacial score (nSPS) is 45.0. The highest BCUT2D eigenvalue weighted by Crippen LogP contribution is 2.80. The number of ether oxygens (including phenoxy) is 1. The topological polar surface area (TPSA) is 26.3 Å². The summed E-state index contributed by atoms with van der Waals surface area (Å²) in [5, 5.41) is 0. The monoisotopic (exact) mass is 432 g/mol. The van der Waals surface area contributed by atoms with Crippen molar-refractivity contribution in [2.75, 3.05) is 0 Å². The van der Waals surface area contributed by atoms with Crippen LogP contribution in [0, 0.1) is 11.8 Å². The molecule has 160 valence electrons. The molecule has 0 aromatic rings. The second-order valence-electron chi connectivity index (χ2n) is 7.51. The van der Waals surface area contributed by atoms with Crippen LogP contribution in [0.1, 0.15) is 19.8 Å². The van der Waals surface area contributed by atoms with Crippen molar-refractivity contribution >= 4 is 5.97 Å². The molecule has 13 heteroatoms. The maximum Gasteiger partial charge on any atom is 0.422 e. The third-order valence-corrected chi connectivity index (χ3v) is 6.10. The van der Waals surface area contributed by atoms with Crippen molar-refractivity contribution in [2.24, 2.45) is 11.8 Å². The lowest BCUT2D eigenvalue weighted by molar-refractivity contribution is -0.299. The van der Waals surface area contributed by atoms with Gasteiger partial charge >= 0.3 is 29.9 Å². The third kappa shape index (κ3) is 1.84. The van der Waals surface area contributed by atoms with Gasteiger partial charge in [0.1, 0.15) is 11.2 Å². The Morgan fingerprint density at radius 3 is 1.86 bits per heavy atom. The highest BCUT2D eigenvalue weighted by molar-refractivity contribution is 5.89. The molecule has 0 heterocycles. The number of carbonyl (C=O) groups excluding carboxylic acids is 1. The van der Waals surface area contributed by atoms with Gasteiger partial charge < -0.3 is 4.74 Å². The second-order valence-corrected chi connectivity index (χ2v) is 7.51. The fourth-order valence-electron chi connectivity index (χ4n) is 4.77. The molecule has 0 N–H and O–H groups in total. The zero-order valence-corrected chi connectivity index (χ0v) is 13.8. The summed E-state index contributed by atoms with van der Waals surface area (Å²) >= 11 is 0. The van der Waals surface area contributed by atoms with Crippen LogP contribution in [0.25, 0.3) is 0 Å². The first-order chi connectivity index (χ1) is 12.2. The largest absolute Gasteiger partial charge is 0.455 e. The molecule has 2 nitrogen and oxygen atoms in total. The number of fused-ring (bicyclic) bond motifs is 5. The van der Waals surface area contributed by atoms with Gasteiger partial charge in [0.2, 0.25) is 11.3 Å². The lowest BCUT2D eigenvalue weighted by atomic mass is 9.68. The maximum absolute atomic E-state index is 15.2. The van der Waals surface area contributed by atoms with Crippen LogP contribution in [0.3, 0.4) is 0 Å². The molecule has 28 heavy (non-hydrogen) atoms. The zero-order chi connectivity index (χ0) is 21.9. The summed E-state index contributed by atoms with van der Waals surface area (Å²) in [5.41, 5.74) is -15.0. The van der Waals surface area contributed by atoms with Crippen molar-refractivity contribution in [1.82, 2.24) is 0 Å². The maximum atomic E-state index is 15.2. The number of alkyl halides is 11. The lowest BCUT2D eigenvalue weighted by Crippen LogP contribution is -2.66. The highest BCUT2D eigenvalue weighted by Gasteiger charge is 3.05. The van der Waals surface area contributed by atoms with E-state index >= 15 is 4.39 Å². The Morgan fingerprint density at radius 2 is 1.39 bits per heavy atom. The van der Waals surface area contributed by atoms with Gasteiger partial charge in [0.25, 0.3) is 0 Å². The van der Waals surface area contributed by atoms with E-state index in [-0.39, 0.29) is 0 Å². The van der Waals surface area contributed by atoms with E-state index in [2.05, 4.69) is 11.3 Å². The van der Waals surface area contributed by atoms with Gasteiger partial charge in [-0.15, -0.1) is 0 Å². The van der Waals surface area contributed by atoms with E-state index in [0.717, 1.165) is 0 Å². The second kappa shape index (κ2) is 4.94. The van der Waals surface area contributed by atoms with Gasteiger partial charge in [0.15, 0.2) is 0 Å². The minimum Gasteiger partial charge on any atom is -0.455 e. The molecule has 3 aliphatic rings. The molecule has 0 radical (unpaired) electrons. The average molecular weight is 432 g/mol. The van der Waals surface area contributed by atoms with Gasteiger partial charge in [0.05, 0.1) is 0 Å². The summed E-state index contributed by atoms with van der Waals surface area (Å²) in [6.07, 6.45) is -7.63. The van der Waals surface area contributed by atoms with E-state index in [1.807, 2.05) is 0 Å². The fourth-order valence-corrected chi connectivity index (χ4v) is 4.77. The van der Waals surface area contributed by atoms with E-state index < -0.39 is 77.1 Å². The third-order valence-electron chi connectivity index (χ3n) is 6.10. The molecule has 2 bridgehead atoms. The lowest BCUT2D eigenvalue weighted by Gasteiger charge is -2.47. The van der Waals surface area contributed by atoms with Crippen LogP contribution in [-0.4, -0.2) is 46.9 Å². The minimum absolute atomic E-state index is 0.602. The minimum atomic E-state index is -6.41. The van der Waals surface area contributed by atoms with Crippen LogP contribution in [0.2, 0.25) is 0 Å². The molecular weight excluding hydrogens is 421 g/mol. The molecule has 0 spiro atoms. The van der Waals surface area contributed by atoms with Crippen molar-refractivity contribution in [3.8, 4) is 0 Å². The molecule has 3 fully saturated rings. The standard InChI is InChI=1S/C15H11F11O2/c1-5(12(18,19)20)8(27)28-9(2)4-6-3-7(9)11(17)10(6,16)13(21,22)15(25,26)14(11,23)24/h6-7H,1,3-4H2,2H3. The molecule has 0 amide bonds. The summed E-state index contributed by atoms with van der Waals surface area (Å²) in [7, 11) is 0. The van der Waals surface area contributed by atoms with E-state index in [0.29, 0.717) is 6.92 Å². The number of rotatable bonds is 2. The van der Waals surface area contributed by atoms with Gasteiger partial charge in [-0.3, -0.25) is 0 Å². The Kier molecular flexibility index (Phi) is 3.74. The van der Waals surface area contributed by atoms with Gasteiger partial charge in [-0.25, -0.2) is 13.6 Å². The highest BCUT2D eigenvalue weighted by atomic mass is 19.4. The summed E-state index contributed by atoms with van der Waals surface area (Å²) < 4.78 is 155. The molecule has 3 rings (SSSR count).